The molecule has 1 amide bonds. The van der Waals surface area contributed by atoms with Crippen molar-refractivity contribution in [3.63, 3.8) is 0 Å². The van der Waals surface area contributed by atoms with Gasteiger partial charge >= 0.3 is 0 Å². The van der Waals surface area contributed by atoms with Crippen LogP contribution in [0.15, 0.2) is 78.0 Å². The minimum absolute atomic E-state index is 0.0911. The Morgan fingerprint density at radius 3 is 2.47 bits per heavy atom. The lowest BCUT2D eigenvalue weighted by molar-refractivity contribution is -0.119. The summed E-state index contributed by atoms with van der Waals surface area (Å²) in [6.07, 6.45) is 3.19. The smallest absolute Gasteiger partial charge is 0.264 e. The molecule has 156 valence electrons. The van der Waals surface area contributed by atoms with Gasteiger partial charge in [-0.15, -0.1) is 0 Å². The van der Waals surface area contributed by atoms with Crippen LogP contribution in [0.2, 0.25) is 0 Å². The van der Waals surface area contributed by atoms with Crippen LogP contribution in [0.25, 0.3) is 0 Å². The number of halogens is 1. The second kappa shape index (κ2) is 9.36. The lowest BCUT2D eigenvalue weighted by Gasteiger charge is -2.24. The SMILES string of the molecule is COc1ccc(S(=O)(=O)N(CC(=O)NCc2cccnc2)c2ccccc2F)cc1. The van der Waals surface area contributed by atoms with Crippen molar-refractivity contribution in [1.29, 1.82) is 0 Å². The molecule has 0 spiro atoms. The molecule has 1 aromatic heterocycles. The van der Waals surface area contributed by atoms with Crippen molar-refractivity contribution < 1.29 is 22.3 Å². The van der Waals surface area contributed by atoms with Crippen LogP contribution in [0.3, 0.4) is 0 Å². The van der Waals surface area contributed by atoms with Gasteiger partial charge in [0.15, 0.2) is 0 Å². The molecule has 3 rings (SSSR count). The first-order valence-corrected chi connectivity index (χ1v) is 10.4. The zero-order valence-corrected chi connectivity index (χ0v) is 17.0. The van der Waals surface area contributed by atoms with Crippen molar-refractivity contribution in [2.45, 2.75) is 11.4 Å². The Morgan fingerprint density at radius 1 is 1.10 bits per heavy atom. The number of carbonyl (C=O) groups excluding carboxylic acids is 1. The molecule has 0 aliphatic carbocycles. The number of amides is 1. The van der Waals surface area contributed by atoms with Gasteiger partial charge in [0, 0.05) is 18.9 Å². The maximum absolute atomic E-state index is 14.4. The largest absolute Gasteiger partial charge is 0.497 e. The number of ether oxygens (including phenoxy) is 1. The van der Waals surface area contributed by atoms with Crippen LogP contribution in [-0.2, 0) is 21.4 Å². The van der Waals surface area contributed by atoms with Gasteiger partial charge in [-0.1, -0.05) is 18.2 Å². The summed E-state index contributed by atoms with van der Waals surface area (Å²) in [4.78, 5) is 16.4. The van der Waals surface area contributed by atoms with Crippen LogP contribution in [0, 0.1) is 5.82 Å². The van der Waals surface area contributed by atoms with Crippen molar-refractivity contribution in [2.75, 3.05) is 18.0 Å². The fourth-order valence-electron chi connectivity index (χ4n) is 2.72. The molecular formula is C21H20FN3O4S. The summed E-state index contributed by atoms with van der Waals surface area (Å²) in [5.74, 6) is -0.866. The summed E-state index contributed by atoms with van der Waals surface area (Å²) in [5.41, 5.74) is 0.533. The predicted octanol–water partition coefficient (Wildman–Crippen LogP) is 2.74. The Labute approximate surface area is 174 Å². The van der Waals surface area contributed by atoms with Gasteiger partial charge in [0.05, 0.1) is 17.7 Å². The summed E-state index contributed by atoms with van der Waals surface area (Å²) in [5, 5.41) is 2.63. The maximum atomic E-state index is 14.4. The molecule has 0 aliphatic rings. The Bertz CT molecular complexity index is 1110. The average molecular weight is 429 g/mol. The molecule has 2 aromatic carbocycles. The Balaban J connectivity index is 1.88. The van der Waals surface area contributed by atoms with E-state index in [1.54, 1.807) is 24.5 Å². The first-order valence-electron chi connectivity index (χ1n) is 8.99. The van der Waals surface area contributed by atoms with E-state index in [0.29, 0.717) is 5.75 Å². The lowest BCUT2D eigenvalue weighted by Crippen LogP contribution is -2.41. The van der Waals surface area contributed by atoms with Crippen LogP contribution in [0.4, 0.5) is 10.1 Å². The second-order valence-electron chi connectivity index (χ2n) is 6.28. The third-order valence-electron chi connectivity index (χ3n) is 4.27. The standard InChI is InChI=1S/C21H20FN3O4S/c1-29-17-8-10-18(11-9-17)30(27,28)25(20-7-3-2-6-19(20)22)15-21(26)24-14-16-5-4-12-23-13-16/h2-13H,14-15H2,1H3,(H,24,26). The summed E-state index contributed by atoms with van der Waals surface area (Å²) >= 11 is 0. The predicted molar refractivity (Wildman–Crippen MR) is 110 cm³/mol. The van der Waals surface area contributed by atoms with Gasteiger partial charge in [-0.3, -0.25) is 14.1 Å². The van der Waals surface area contributed by atoms with Crippen molar-refractivity contribution >= 4 is 21.6 Å². The highest BCUT2D eigenvalue weighted by Gasteiger charge is 2.29. The van der Waals surface area contributed by atoms with Crippen LogP contribution < -0.4 is 14.4 Å². The van der Waals surface area contributed by atoms with Gasteiger partial charge in [0.25, 0.3) is 10.0 Å². The zero-order valence-electron chi connectivity index (χ0n) is 16.2. The molecule has 0 saturated carbocycles. The number of methoxy groups -OCH3 is 1. The van der Waals surface area contributed by atoms with E-state index in [2.05, 4.69) is 10.3 Å². The van der Waals surface area contributed by atoms with Crippen molar-refractivity contribution in [3.05, 3.63) is 84.4 Å². The normalized spacial score (nSPS) is 11.0. The molecule has 1 N–H and O–H groups in total. The number of pyridine rings is 1. The minimum atomic E-state index is -4.22. The molecule has 0 atom stereocenters. The van der Waals surface area contributed by atoms with Gasteiger partial charge in [-0.25, -0.2) is 12.8 Å². The lowest BCUT2D eigenvalue weighted by atomic mass is 10.3. The van der Waals surface area contributed by atoms with E-state index in [1.165, 1.54) is 49.6 Å². The number of carbonyl (C=O) groups is 1. The average Bonchev–Trinajstić information content (AvgIpc) is 2.77. The number of nitrogens with one attached hydrogen (secondary N) is 1. The van der Waals surface area contributed by atoms with E-state index in [-0.39, 0.29) is 17.1 Å². The van der Waals surface area contributed by atoms with E-state index in [9.17, 15) is 17.6 Å². The maximum Gasteiger partial charge on any atom is 0.264 e. The first kappa shape index (κ1) is 21.3. The minimum Gasteiger partial charge on any atom is -0.497 e. The third-order valence-corrected chi connectivity index (χ3v) is 6.04. The molecule has 7 nitrogen and oxygen atoms in total. The molecule has 3 aromatic rings. The van der Waals surface area contributed by atoms with Crippen molar-refractivity contribution in [2.24, 2.45) is 0 Å². The van der Waals surface area contributed by atoms with Gasteiger partial charge in [-0.2, -0.15) is 0 Å². The monoisotopic (exact) mass is 429 g/mol. The highest BCUT2D eigenvalue weighted by molar-refractivity contribution is 7.92. The van der Waals surface area contributed by atoms with E-state index >= 15 is 0 Å². The molecule has 0 unspecified atom stereocenters. The molecule has 0 fully saturated rings. The molecular weight excluding hydrogens is 409 g/mol. The Morgan fingerprint density at radius 2 is 1.83 bits per heavy atom. The van der Waals surface area contributed by atoms with Gasteiger partial charge in [0.2, 0.25) is 5.91 Å². The highest BCUT2D eigenvalue weighted by atomic mass is 32.2. The van der Waals surface area contributed by atoms with E-state index < -0.39 is 28.3 Å². The molecule has 9 heteroatoms. The number of aromatic nitrogens is 1. The molecule has 0 saturated heterocycles. The molecule has 0 aliphatic heterocycles. The van der Waals surface area contributed by atoms with Gasteiger partial charge in [0.1, 0.15) is 18.1 Å². The van der Waals surface area contributed by atoms with Crippen molar-refractivity contribution in [1.82, 2.24) is 10.3 Å². The number of hydrogen-bond acceptors (Lipinski definition) is 5. The van der Waals surface area contributed by atoms with Gasteiger partial charge in [-0.05, 0) is 48.0 Å². The quantitative estimate of drug-likeness (QED) is 0.595. The number of anilines is 1. The van der Waals surface area contributed by atoms with E-state index in [4.69, 9.17) is 4.74 Å². The van der Waals surface area contributed by atoms with Gasteiger partial charge < -0.3 is 10.1 Å². The first-order chi connectivity index (χ1) is 14.4. The number of rotatable bonds is 8. The van der Waals surface area contributed by atoms with E-state index in [1.807, 2.05) is 0 Å². The Kier molecular flexibility index (Phi) is 6.63. The van der Waals surface area contributed by atoms with E-state index in [0.717, 1.165) is 15.9 Å². The number of benzene rings is 2. The second-order valence-corrected chi connectivity index (χ2v) is 8.14. The molecule has 1 heterocycles. The fourth-order valence-corrected chi connectivity index (χ4v) is 4.15. The molecule has 0 radical (unpaired) electrons. The summed E-state index contributed by atoms with van der Waals surface area (Å²) < 4.78 is 46.7. The number of para-hydroxylation sites is 1. The number of sulfonamides is 1. The summed E-state index contributed by atoms with van der Waals surface area (Å²) in [6, 6.07) is 14.5. The molecule has 30 heavy (non-hydrogen) atoms. The topological polar surface area (TPSA) is 88.6 Å². The van der Waals surface area contributed by atoms with Crippen LogP contribution in [0.1, 0.15) is 5.56 Å². The summed E-state index contributed by atoms with van der Waals surface area (Å²) in [6.45, 7) is -0.421. The Hall–Kier alpha value is -3.46. The van der Waals surface area contributed by atoms with Crippen molar-refractivity contribution in [3.8, 4) is 5.75 Å². The fraction of sp³-hybridized carbons (Fsp3) is 0.143. The number of hydrogen-bond donors (Lipinski definition) is 1. The zero-order chi connectivity index (χ0) is 21.6. The van der Waals surface area contributed by atoms with Crippen LogP contribution in [-0.4, -0.2) is 33.0 Å². The highest BCUT2D eigenvalue weighted by Crippen LogP contribution is 2.27. The van der Waals surface area contributed by atoms with Crippen LogP contribution >= 0.6 is 0 Å². The summed E-state index contributed by atoms with van der Waals surface area (Å²) in [7, 11) is -2.75. The van der Waals surface area contributed by atoms with Crippen LogP contribution in [0.5, 0.6) is 5.75 Å². The molecule has 0 bridgehead atoms. The number of nitrogens with zero attached hydrogens (tertiary/aromatic N) is 2. The third kappa shape index (κ3) is 4.93.